The van der Waals surface area contributed by atoms with E-state index >= 15 is 0 Å². The van der Waals surface area contributed by atoms with E-state index in [4.69, 9.17) is 0 Å². The highest BCUT2D eigenvalue weighted by Gasteiger charge is 2.30. The second-order valence-corrected chi connectivity index (χ2v) is 5.95. The SMILES string of the molecule is CC(CNC1CC1)Sc1ccc(C(F)(F)F)cn1. The number of halogens is 3. The molecule has 1 atom stereocenters. The van der Waals surface area contributed by atoms with Crippen molar-refractivity contribution in [3.63, 3.8) is 0 Å². The van der Waals surface area contributed by atoms with Gasteiger partial charge in [0.05, 0.1) is 10.6 Å². The number of aromatic nitrogens is 1. The summed E-state index contributed by atoms with van der Waals surface area (Å²) >= 11 is 1.49. The molecule has 0 amide bonds. The number of thioether (sulfide) groups is 1. The molecule has 1 heterocycles. The Morgan fingerprint density at radius 1 is 1.44 bits per heavy atom. The van der Waals surface area contributed by atoms with E-state index in [1.165, 1.54) is 30.7 Å². The monoisotopic (exact) mass is 276 g/mol. The van der Waals surface area contributed by atoms with Crippen molar-refractivity contribution < 1.29 is 13.2 Å². The van der Waals surface area contributed by atoms with Crippen LogP contribution < -0.4 is 5.32 Å². The van der Waals surface area contributed by atoms with Crippen LogP contribution in [-0.2, 0) is 6.18 Å². The lowest BCUT2D eigenvalue weighted by Crippen LogP contribution is -2.24. The zero-order valence-electron chi connectivity index (χ0n) is 10.00. The number of nitrogens with one attached hydrogen (secondary N) is 1. The van der Waals surface area contributed by atoms with E-state index < -0.39 is 11.7 Å². The molecule has 1 aliphatic rings. The van der Waals surface area contributed by atoms with E-state index in [1.807, 2.05) is 6.92 Å². The van der Waals surface area contributed by atoms with Crippen LogP contribution in [0.4, 0.5) is 13.2 Å². The van der Waals surface area contributed by atoms with Crippen LogP contribution in [0.5, 0.6) is 0 Å². The lowest BCUT2D eigenvalue weighted by molar-refractivity contribution is -0.137. The van der Waals surface area contributed by atoms with Crippen molar-refractivity contribution in [1.29, 1.82) is 0 Å². The van der Waals surface area contributed by atoms with E-state index in [2.05, 4.69) is 10.3 Å². The molecule has 1 N–H and O–H groups in total. The number of nitrogens with zero attached hydrogens (tertiary/aromatic N) is 1. The van der Waals surface area contributed by atoms with E-state index in [1.54, 1.807) is 0 Å². The van der Waals surface area contributed by atoms with Gasteiger partial charge in [-0.05, 0) is 25.0 Å². The first-order chi connectivity index (χ1) is 8.45. The van der Waals surface area contributed by atoms with Gasteiger partial charge in [0.25, 0.3) is 0 Å². The van der Waals surface area contributed by atoms with Crippen molar-refractivity contribution in [2.45, 2.75) is 42.3 Å². The third kappa shape index (κ3) is 4.17. The molecule has 0 aromatic carbocycles. The van der Waals surface area contributed by atoms with Crippen LogP contribution in [0.25, 0.3) is 0 Å². The Kier molecular flexibility index (Phi) is 4.17. The Balaban J connectivity index is 1.84. The number of hydrogen-bond acceptors (Lipinski definition) is 3. The maximum atomic E-state index is 12.3. The van der Waals surface area contributed by atoms with Crippen LogP contribution in [0.1, 0.15) is 25.3 Å². The summed E-state index contributed by atoms with van der Waals surface area (Å²) in [6.07, 6.45) is -0.954. The van der Waals surface area contributed by atoms with Gasteiger partial charge in [-0.1, -0.05) is 6.92 Å². The smallest absolute Gasteiger partial charge is 0.313 e. The van der Waals surface area contributed by atoms with Gasteiger partial charge in [-0.25, -0.2) is 4.98 Å². The first-order valence-corrected chi connectivity index (χ1v) is 6.76. The fourth-order valence-electron chi connectivity index (χ4n) is 1.49. The fourth-order valence-corrected chi connectivity index (χ4v) is 2.34. The summed E-state index contributed by atoms with van der Waals surface area (Å²) in [5.41, 5.74) is -0.699. The molecular weight excluding hydrogens is 261 g/mol. The van der Waals surface area contributed by atoms with E-state index in [-0.39, 0.29) is 0 Å². The third-order valence-electron chi connectivity index (χ3n) is 2.66. The van der Waals surface area contributed by atoms with Gasteiger partial charge in [-0.15, -0.1) is 11.8 Å². The summed E-state index contributed by atoms with van der Waals surface area (Å²) in [5.74, 6) is 0. The number of hydrogen-bond donors (Lipinski definition) is 1. The second kappa shape index (κ2) is 5.48. The molecule has 1 aromatic rings. The topological polar surface area (TPSA) is 24.9 Å². The molecule has 2 nitrogen and oxygen atoms in total. The lowest BCUT2D eigenvalue weighted by atomic mass is 10.3. The van der Waals surface area contributed by atoms with Crippen molar-refractivity contribution in [1.82, 2.24) is 10.3 Å². The van der Waals surface area contributed by atoms with Crippen LogP contribution in [-0.4, -0.2) is 22.8 Å². The molecule has 0 saturated heterocycles. The van der Waals surface area contributed by atoms with E-state index in [9.17, 15) is 13.2 Å². The molecule has 0 radical (unpaired) electrons. The number of rotatable bonds is 5. The maximum Gasteiger partial charge on any atom is 0.417 e. The molecule has 0 spiro atoms. The average molecular weight is 276 g/mol. The van der Waals surface area contributed by atoms with Crippen LogP contribution >= 0.6 is 11.8 Å². The first kappa shape index (κ1) is 13.7. The molecule has 1 unspecified atom stereocenters. The van der Waals surface area contributed by atoms with Crippen LogP contribution in [0, 0.1) is 0 Å². The summed E-state index contributed by atoms with van der Waals surface area (Å²) in [6.45, 7) is 2.90. The molecule has 2 rings (SSSR count). The summed E-state index contributed by atoms with van der Waals surface area (Å²) in [7, 11) is 0. The van der Waals surface area contributed by atoms with Crippen LogP contribution in [0.2, 0.25) is 0 Å². The van der Waals surface area contributed by atoms with Crippen molar-refractivity contribution in [2.75, 3.05) is 6.54 Å². The molecule has 1 aliphatic carbocycles. The van der Waals surface area contributed by atoms with E-state index in [0.717, 1.165) is 18.8 Å². The van der Waals surface area contributed by atoms with Gasteiger partial charge in [0.15, 0.2) is 0 Å². The van der Waals surface area contributed by atoms with Gasteiger partial charge < -0.3 is 5.32 Å². The Hall–Kier alpha value is -0.750. The van der Waals surface area contributed by atoms with Crippen molar-refractivity contribution >= 4 is 11.8 Å². The zero-order valence-corrected chi connectivity index (χ0v) is 10.8. The highest BCUT2D eigenvalue weighted by molar-refractivity contribution is 7.99. The van der Waals surface area contributed by atoms with Crippen LogP contribution in [0.3, 0.4) is 0 Å². The second-order valence-electron chi connectivity index (χ2n) is 4.49. The lowest BCUT2D eigenvalue weighted by Gasteiger charge is -2.12. The largest absolute Gasteiger partial charge is 0.417 e. The fraction of sp³-hybridized carbons (Fsp3) is 0.583. The normalized spacial score (nSPS) is 17.8. The van der Waals surface area contributed by atoms with Crippen molar-refractivity contribution in [2.24, 2.45) is 0 Å². The standard InChI is InChI=1S/C12H15F3N2S/c1-8(6-16-10-3-4-10)18-11-5-2-9(7-17-11)12(13,14)15/h2,5,7-8,10,16H,3-4,6H2,1H3. The number of pyridine rings is 1. The quantitative estimate of drug-likeness (QED) is 0.835. The minimum atomic E-state index is -4.31. The van der Waals surface area contributed by atoms with E-state index in [0.29, 0.717) is 16.3 Å². The molecule has 1 aromatic heterocycles. The molecule has 18 heavy (non-hydrogen) atoms. The molecule has 1 saturated carbocycles. The van der Waals surface area contributed by atoms with Gasteiger partial charge in [-0.3, -0.25) is 0 Å². The van der Waals surface area contributed by atoms with Gasteiger partial charge in [0.1, 0.15) is 0 Å². The molecule has 0 aliphatic heterocycles. The Morgan fingerprint density at radius 2 is 2.17 bits per heavy atom. The molecule has 100 valence electrons. The average Bonchev–Trinajstić information content (AvgIpc) is 3.09. The van der Waals surface area contributed by atoms with Crippen molar-refractivity contribution in [3.05, 3.63) is 23.9 Å². The highest BCUT2D eigenvalue weighted by atomic mass is 32.2. The molecule has 6 heteroatoms. The zero-order chi connectivity index (χ0) is 13.2. The minimum absolute atomic E-state index is 0.301. The van der Waals surface area contributed by atoms with Gasteiger partial charge in [0.2, 0.25) is 0 Å². The number of alkyl halides is 3. The summed E-state index contributed by atoms with van der Waals surface area (Å²) < 4.78 is 37.0. The van der Waals surface area contributed by atoms with Gasteiger partial charge in [-0.2, -0.15) is 13.2 Å². The van der Waals surface area contributed by atoms with Crippen LogP contribution in [0.15, 0.2) is 23.4 Å². The maximum absolute atomic E-state index is 12.3. The molecular formula is C12H15F3N2S. The van der Waals surface area contributed by atoms with Crippen molar-refractivity contribution in [3.8, 4) is 0 Å². The highest BCUT2D eigenvalue weighted by Crippen LogP contribution is 2.30. The Morgan fingerprint density at radius 3 is 2.67 bits per heavy atom. The summed E-state index contributed by atoms with van der Waals surface area (Å²) in [5, 5.41) is 4.32. The van der Waals surface area contributed by atoms with Gasteiger partial charge >= 0.3 is 6.18 Å². The van der Waals surface area contributed by atoms with Gasteiger partial charge in [0, 0.05) is 24.0 Å². The Bertz CT molecular complexity index is 387. The predicted octanol–water partition coefficient (Wildman–Crippen LogP) is 3.33. The molecule has 0 bridgehead atoms. The predicted molar refractivity (Wildman–Crippen MR) is 65.6 cm³/mol. The third-order valence-corrected chi connectivity index (χ3v) is 3.71. The summed E-state index contributed by atoms with van der Waals surface area (Å²) in [6, 6.07) is 3.16. The minimum Gasteiger partial charge on any atom is -0.313 e. The Labute approximate surface area is 108 Å². The first-order valence-electron chi connectivity index (χ1n) is 5.88. The summed E-state index contributed by atoms with van der Waals surface area (Å²) in [4.78, 5) is 3.84. The molecule has 1 fully saturated rings.